The number of carbonyl (C=O) groups is 2. The second kappa shape index (κ2) is 7.57. The number of rotatable bonds is 4. The number of anilines is 1. The van der Waals surface area contributed by atoms with E-state index >= 15 is 0 Å². The Hall–Kier alpha value is -2.97. The van der Waals surface area contributed by atoms with Gasteiger partial charge in [-0.15, -0.1) is 0 Å². The van der Waals surface area contributed by atoms with Crippen LogP contribution in [0.25, 0.3) is 0 Å². The summed E-state index contributed by atoms with van der Waals surface area (Å²) in [5.41, 5.74) is -2.14. The van der Waals surface area contributed by atoms with Crippen molar-refractivity contribution in [3.8, 4) is 0 Å². The predicted molar refractivity (Wildman–Crippen MR) is 90.4 cm³/mol. The van der Waals surface area contributed by atoms with Gasteiger partial charge in [-0.1, -0.05) is 12.1 Å². The van der Waals surface area contributed by atoms with Crippen LogP contribution in [0.5, 0.6) is 0 Å². The predicted octanol–water partition coefficient (Wildman–Crippen LogP) is 4.21. The van der Waals surface area contributed by atoms with Gasteiger partial charge in [-0.25, -0.2) is 8.78 Å². The van der Waals surface area contributed by atoms with Crippen LogP contribution < -0.4 is 4.90 Å². The Morgan fingerprint density at radius 2 is 1.71 bits per heavy atom. The van der Waals surface area contributed by atoms with Crippen molar-refractivity contribution >= 4 is 17.5 Å². The minimum absolute atomic E-state index is 0.220. The lowest BCUT2D eigenvalue weighted by atomic mass is 10.1. The van der Waals surface area contributed by atoms with Crippen LogP contribution in [0.3, 0.4) is 0 Å². The Labute approximate surface area is 157 Å². The number of hydrogen-bond acceptors (Lipinski definition) is 2. The fraction of sp³-hybridized carbons (Fsp3) is 0.263. The van der Waals surface area contributed by atoms with Crippen LogP contribution >= 0.6 is 0 Å². The van der Waals surface area contributed by atoms with Crippen molar-refractivity contribution in [2.75, 3.05) is 18.1 Å². The van der Waals surface area contributed by atoms with Crippen LogP contribution in [0, 0.1) is 11.6 Å². The second-order valence-electron chi connectivity index (χ2n) is 6.28. The highest BCUT2D eigenvalue weighted by Crippen LogP contribution is 2.32. The Morgan fingerprint density at radius 3 is 2.29 bits per heavy atom. The highest BCUT2D eigenvalue weighted by Gasteiger charge is 2.33. The average molecular weight is 398 g/mol. The van der Waals surface area contributed by atoms with E-state index in [4.69, 9.17) is 0 Å². The first kappa shape index (κ1) is 19.8. The van der Waals surface area contributed by atoms with Crippen molar-refractivity contribution < 1.29 is 31.5 Å². The molecule has 9 heteroatoms. The number of carbonyl (C=O) groups excluding carboxylic acids is 2. The lowest BCUT2D eigenvalue weighted by Gasteiger charge is -2.29. The third-order valence-electron chi connectivity index (χ3n) is 4.39. The summed E-state index contributed by atoms with van der Waals surface area (Å²) < 4.78 is 67.4. The van der Waals surface area contributed by atoms with E-state index in [2.05, 4.69) is 0 Å². The molecule has 0 N–H and O–H groups in total. The van der Waals surface area contributed by atoms with Crippen LogP contribution in [0.15, 0.2) is 42.5 Å². The summed E-state index contributed by atoms with van der Waals surface area (Å²) in [7, 11) is 0. The zero-order valence-corrected chi connectivity index (χ0v) is 14.5. The number of hydrogen-bond donors (Lipinski definition) is 0. The molecule has 2 aromatic rings. The van der Waals surface area contributed by atoms with Gasteiger partial charge in [0.15, 0.2) is 0 Å². The van der Waals surface area contributed by atoms with Crippen molar-refractivity contribution in [1.29, 1.82) is 0 Å². The van der Waals surface area contributed by atoms with Gasteiger partial charge in [-0.2, -0.15) is 13.2 Å². The molecule has 3 rings (SSSR count). The standard InChI is InChI=1S/C19H15F5N2O2/c20-14-6-2-7-15(21)17(14)18(28)26(11-25-9-3-8-16(25)27)13-5-1-4-12(10-13)19(22,23)24/h1-2,4-7,10H,3,8-9,11H2. The molecule has 0 radical (unpaired) electrons. The molecule has 0 spiro atoms. The lowest BCUT2D eigenvalue weighted by Crippen LogP contribution is -2.43. The summed E-state index contributed by atoms with van der Waals surface area (Å²) in [6, 6.07) is 6.64. The molecule has 2 amide bonds. The molecule has 0 aliphatic carbocycles. The fourth-order valence-corrected chi connectivity index (χ4v) is 2.97. The van der Waals surface area contributed by atoms with Gasteiger partial charge < -0.3 is 4.90 Å². The van der Waals surface area contributed by atoms with E-state index in [0.29, 0.717) is 19.0 Å². The lowest BCUT2D eigenvalue weighted by molar-refractivity contribution is -0.137. The summed E-state index contributed by atoms with van der Waals surface area (Å²) in [5.74, 6) is -3.75. The molecule has 4 nitrogen and oxygen atoms in total. The number of likely N-dealkylation sites (tertiary alicyclic amines) is 1. The third kappa shape index (κ3) is 3.97. The Kier molecular flexibility index (Phi) is 5.35. The molecule has 28 heavy (non-hydrogen) atoms. The molecule has 0 bridgehead atoms. The van der Waals surface area contributed by atoms with E-state index in [-0.39, 0.29) is 18.0 Å². The smallest absolute Gasteiger partial charge is 0.324 e. The maximum absolute atomic E-state index is 14.1. The van der Waals surface area contributed by atoms with E-state index in [1.807, 2.05) is 0 Å². The van der Waals surface area contributed by atoms with Gasteiger partial charge in [0.2, 0.25) is 5.91 Å². The summed E-state index contributed by atoms with van der Waals surface area (Å²) in [5, 5.41) is 0. The maximum atomic E-state index is 14.1. The normalized spacial score (nSPS) is 14.5. The zero-order chi connectivity index (χ0) is 20.5. The number of halogens is 5. The highest BCUT2D eigenvalue weighted by atomic mass is 19.4. The van der Waals surface area contributed by atoms with E-state index in [0.717, 1.165) is 35.2 Å². The van der Waals surface area contributed by atoms with Gasteiger partial charge in [-0.05, 0) is 36.8 Å². The minimum Gasteiger partial charge on any atom is -0.324 e. The molecule has 1 aliphatic rings. The van der Waals surface area contributed by atoms with Crippen molar-refractivity contribution in [3.63, 3.8) is 0 Å². The van der Waals surface area contributed by atoms with Crippen LogP contribution in [0.1, 0.15) is 28.8 Å². The molecule has 1 saturated heterocycles. The largest absolute Gasteiger partial charge is 0.416 e. The fourth-order valence-electron chi connectivity index (χ4n) is 2.97. The molecule has 1 aliphatic heterocycles. The highest BCUT2D eigenvalue weighted by molar-refractivity contribution is 6.06. The van der Waals surface area contributed by atoms with E-state index in [9.17, 15) is 31.5 Å². The van der Waals surface area contributed by atoms with Crippen LogP contribution in [-0.4, -0.2) is 29.9 Å². The molecule has 0 atom stereocenters. The summed E-state index contributed by atoms with van der Waals surface area (Å²) in [6.07, 6.45) is -3.91. The first-order valence-corrected chi connectivity index (χ1v) is 8.39. The van der Waals surface area contributed by atoms with Gasteiger partial charge in [0.25, 0.3) is 5.91 Å². The van der Waals surface area contributed by atoms with Gasteiger partial charge in [0.1, 0.15) is 23.9 Å². The van der Waals surface area contributed by atoms with Gasteiger partial charge in [0, 0.05) is 18.7 Å². The van der Waals surface area contributed by atoms with Crippen LogP contribution in [-0.2, 0) is 11.0 Å². The average Bonchev–Trinajstić information content (AvgIpc) is 3.03. The molecule has 1 fully saturated rings. The van der Waals surface area contributed by atoms with Crippen LogP contribution in [0.2, 0.25) is 0 Å². The van der Waals surface area contributed by atoms with Gasteiger partial charge in [0.05, 0.1) is 5.56 Å². The van der Waals surface area contributed by atoms with Crippen molar-refractivity contribution in [1.82, 2.24) is 4.90 Å². The molecule has 2 aromatic carbocycles. The number of amides is 2. The van der Waals surface area contributed by atoms with Crippen molar-refractivity contribution in [2.45, 2.75) is 19.0 Å². The van der Waals surface area contributed by atoms with Crippen LogP contribution in [0.4, 0.5) is 27.6 Å². The number of alkyl halides is 3. The molecule has 0 aromatic heterocycles. The minimum atomic E-state index is -4.67. The molecule has 0 unspecified atom stereocenters. The first-order chi connectivity index (χ1) is 13.2. The van der Waals surface area contributed by atoms with Crippen molar-refractivity contribution in [3.05, 3.63) is 65.2 Å². The van der Waals surface area contributed by atoms with Gasteiger partial charge in [-0.3, -0.25) is 14.5 Å². The molecule has 1 heterocycles. The van der Waals surface area contributed by atoms with E-state index < -0.39 is 41.5 Å². The SMILES string of the molecule is O=C1CCCN1CN(C(=O)c1c(F)cccc1F)c1cccc(C(F)(F)F)c1. The Bertz CT molecular complexity index is 893. The van der Waals surface area contributed by atoms with E-state index in [1.165, 1.54) is 11.0 Å². The zero-order valence-electron chi connectivity index (χ0n) is 14.5. The number of nitrogens with zero attached hydrogens (tertiary/aromatic N) is 2. The Morgan fingerprint density at radius 1 is 1.07 bits per heavy atom. The third-order valence-corrected chi connectivity index (χ3v) is 4.39. The van der Waals surface area contributed by atoms with Crippen molar-refractivity contribution in [2.24, 2.45) is 0 Å². The summed E-state index contributed by atoms with van der Waals surface area (Å²) >= 11 is 0. The first-order valence-electron chi connectivity index (χ1n) is 8.39. The van der Waals surface area contributed by atoms with E-state index in [1.54, 1.807) is 0 Å². The maximum Gasteiger partial charge on any atom is 0.416 e. The second-order valence-corrected chi connectivity index (χ2v) is 6.28. The quantitative estimate of drug-likeness (QED) is 0.724. The van der Waals surface area contributed by atoms with Gasteiger partial charge >= 0.3 is 6.18 Å². The number of benzene rings is 2. The molecular formula is C19H15F5N2O2. The monoisotopic (exact) mass is 398 g/mol. The summed E-state index contributed by atoms with van der Waals surface area (Å²) in [4.78, 5) is 26.8. The summed E-state index contributed by atoms with van der Waals surface area (Å²) in [6.45, 7) is -0.117. The molecular weight excluding hydrogens is 383 g/mol. The Balaban J connectivity index is 2.05. The molecule has 0 saturated carbocycles. The topological polar surface area (TPSA) is 40.6 Å². The molecule has 148 valence electrons.